The highest BCUT2D eigenvalue weighted by Gasteiger charge is 2.35. The third-order valence-electron chi connectivity index (χ3n) is 3.16. The summed E-state index contributed by atoms with van der Waals surface area (Å²) in [7, 11) is 0. The summed E-state index contributed by atoms with van der Waals surface area (Å²) >= 11 is 0. The molecule has 0 saturated carbocycles. The largest absolute Gasteiger partial charge is 0.418 e. The smallest absolute Gasteiger partial charge is 0.389 e. The van der Waals surface area contributed by atoms with Crippen molar-refractivity contribution in [1.29, 1.82) is 0 Å². The van der Waals surface area contributed by atoms with Crippen molar-refractivity contribution in [3.05, 3.63) is 29.3 Å². The highest BCUT2D eigenvalue weighted by atomic mass is 19.4. The first-order chi connectivity index (χ1) is 8.89. The van der Waals surface area contributed by atoms with E-state index in [1.54, 1.807) is 4.90 Å². The van der Waals surface area contributed by atoms with Crippen LogP contribution < -0.4 is 4.90 Å². The number of nitrogens with zero attached hydrogens (tertiary/aromatic N) is 1. The van der Waals surface area contributed by atoms with Crippen LogP contribution in [0, 0.1) is 0 Å². The maximum Gasteiger partial charge on any atom is 0.418 e. The van der Waals surface area contributed by atoms with Gasteiger partial charge >= 0.3 is 6.18 Å². The Balaban J connectivity index is 2.41. The first-order valence-electron chi connectivity index (χ1n) is 6.11. The highest BCUT2D eigenvalue weighted by Crippen LogP contribution is 2.38. The van der Waals surface area contributed by atoms with Gasteiger partial charge in [0.1, 0.15) is 0 Å². The van der Waals surface area contributed by atoms with Gasteiger partial charge in [-0.1, -0.05) is 6.07 Å². The van der Waals surface area contributed by atoms with Gasteiger partial charge in [0, 0.05) is 18.8 Å². The van der Waals surface area contributed by atoms with E-state index >= 15 is 0 Å². The molecule has 6 heteroatoms. The number of halogens is 3. The molecule has 1 aliphatic rings. The lowest BCUT2D eigenvalue weighted by atomic mass is 10.0. The molecule has 3 nitrogen and oxygen atoms in total. The quantitative estimate of drug-likeness (QED) is 0.900. The Morgan fingerprint density at radius 3 is 2.42 bits per heavy atom. The molecule has 1 aromatic carbocycles. The molecule has 0 radical (unpaired) electrons. The second-order valence-corrected chi connectivity index (χ2v) is 4.55. The van der Waals surface area contributed by atoms with Gasteiger partial charge in [0.15, 0.2) is 0 Å². The van der Waals surface area contributed by atoms with Crippen molar-refractivity contribution in [2.24, 2.45) is 0 Å². The zero-order valence-corrected chi connectivity index (χ0v) is 10.6. The van der Waals surface area contributed by atoms with Crippen LogP contribution in [-0.2, 0) is 10.9 Å². The van der Waals surface area contributed by atoms with Gasteiger partial charge < -0.3 is 14.7 Å². The molecule has 1 atom stereocenters. The summed E-state index contributed by atoms with van der Waals surface area (Å²) in [6, 6.07) is 3.98. The summed E-state index contributed by atoms with van der Waals surface area (Å²) in [5, 5.41) is 9.41. The van der Waals surface area contributed by atoms with E-state index in [1.807, 2.05) is 0 Å². The molecule has 1 N–H and O–H groups in total. The zero-order chi connectivity index (χ0) is 14.0. The van der Waals surface area contributed by atoms with Crippen LogP contribution in [0.4, 0.5) is 18.9 Å². The predicted octanol–water partition coefficient (Wildman–Crippen LogP) is 2.60. The summed E-state index contributed by atoms with van der Waals surface area (Å²) in [6.07, 6.45) is -5.35. The van der Waals surface area contributed by atoms with E-state index in [4.69, 9.17) is 4.74 Å². The van der Waals surface area contributed by atoms with Crippen LogP contribution in [0.3, 0.4) is 0 Å². The van der Waals surface area contributed by atoms with Gasteiger partial charge in [-0.05, 0) is 24.6 Å². The lowest BCUT2D eigenvalue weighted by Crippen LogP contribution is -2.37. The van der Waals surface area contributed by atoms with Crippen LogP contribution in [0.1, 0.15) is 24.2 Å². The van der Waals surface area contributed by atoms with Gasteiger partial charge in [-0.15, -0.1) is 0 Å². The van der Waals surface area contributed by atoms with E-state index in [2.05, 4.69) is 0 Å². The minimum Gasteiger partial charge on any atom is -0.389 e. The Kier molecular flexibility index (Phi) is 4.01. The van der Waals surface area contributed by atoms with Crippen molar-refractivity contribution >= 4 is 5.69 Å². The van der Waals surface area contributed by atoms with Gasteiger partial charge in [-0.2, -0.15) is 13.2 Å². The number of rotatable bonds is 2. The predicted molar refractivity (Wildman–Crippen MR) is 65.1 cm³/mol. The molecule has 0 aliphatic carbocycles. The third-order valence-corrected chi connectivity index (χ3v) is 3.16. The molecule has 106 valence electrons. The molecular formula is C13H16F3NO2. The Morgan fingerprint density at radius 1 is 1.26 bits per heavy atom. The van der Waals surface area contributed by atoms with Crippen molar-refractivity contribution in [2.45, 2.75) is 19.2 Å². The molecular weight excluding hydrogens is 259 g/mol. The number of benzene rings is 1. The Bertz CT molecular complexity index is 440. The number of hydrogen-bond donors (Lipinski definition) is 1. The van der Waals surface area contributed by atoms with Crippen molar-refractivity contribution in [1.82, 2.24) is 0 Å². The molecule has 0 spiro atoms. The maximum atomic E-state index is 13.1. The van der Waals surface area contributed by atoms with E-state index in [0.29, 0.717) is 26.3 Å². The SMILES string of the molecule is CC(O)c1ccc(N2CCOCC2)c(C(F)(F)F)c1. The summed E-state index contributed by atoms with van der Waals surface area (Å²) in [6.45, 7) is 3.18. The molecule has 2 rings (SSSR count). The molecule has 1 aromatic rings. The minimum atomic E-state index is -4.43. The molecule has 1 unspecified atom stereocenters. The second kappa shape index (κ2) is 5.38. The molecule has 0 bridgehead atoms. The molecule has 0 aromatic heterocycles. The van der Waals surface area contributed by atoms with Gasteiger partial charge in [0.25, 0.3) is 0 Å². The number of morpholine rings is 1. The number of aliphatic hydroxyl groups is 1. The minimum absolute atomic E-state index is 0.153. The van der Waals surface area contributed by atoms with E-state index < -0.39 is 17.8 Å². The van der Waals surface area contributed by atoms with Crippen LogP contribution in [0.15, 0.2) is 18.2 Å². The van der Waals surface area contributed by atoms with E-state index in [-0.39, 0.29) is 11.3 Å². The van der Waals surface area contributed by atoms with Crippen LogP contribution in [0.5, 0.6) is 0 Å². The van der Waals surface area contributed by atoms with Gasteiger partial charge in [-0.3, -0.25) is 0 Å². The van der Waals surface area contributed by atoms with Gasteiger partial charge in [-0.25, -0.2) is 0 Å². The number of ether oxygens (including phenoxy) is 1. The first-order valence-corrected chi connectivity index (χ1v) is 6.11. The molecule has 0 amide bonds. The van der Waals surface area contributed by atoms with Crippen LogP contribution in [0.2, 0.25) is 0 Å². The van der Waals surface area contributed by atoms with E-state index in [0.717, 1.165) is 6.07 Å². The lowest BCUT2D eigenvalue weighted by molar-refractivity contribution is -0.137. The maximum absolute atomic E-state index is 13.1. The average Bonchev–Trinajstić information content (AvgIpc) is 2.38. The standard InChI is InChI=1S/C13H16F3NO2/c1-9(18)10-2-3-12(11(8-10)13(14,15)16)17-4-6-19-7-5-17/h2-3,8-9,18H,4-7H2,1H3. The summed E-state index contributed by atoms with van der Waals surface area (Å²) in [5.74, 6) is 0. The molecule has 1 saturated heterocycles. The summed E-state index contributed by atoms with van der Waals surface area (Å²) in [5.41, 5.74) is -0.280. The van der Waals surface area contributed by atoms with Gasteiger partial charge in [0.2, 0.25) is 0 Å². The highest BCUT2D eigenvalue weighted by molar-refractivity contribution is 5.57. The van der Waals surface area contributed by atoms with Crippen molar-refractivity contribution < 1.29 is 23.0 Å². The van der Waals surface area contributed by atoms with E-state index in [9.17, 15) is 18.3 Å². The van der Waals surface area contributed by atoms with Crippen molar-refractivity contribution in [3.63, 3.8) is 0 Å². The van der Waals surface area contributed by atoms with E-state index in [1.165, 1.54) is 19.1 Å². The molecule has 1 fully saturated rings. The molecule has 1 heterocycles. The Hall–Kier alpha value is -1.27. The fourth-order valence-corrected chi connectivity index (χ4v) is 2.12. The third kappa shape index (κ3) is 3.19. The Morgan fingerprint density at radius 2 is 1.89 bits per heavy atom. The second-order valence-electron chi connectivity index (χ2n) is 4.55. The molecule has 1 aliphatic heterocycles. The zero-order valence-electron chi connectivity index (χ0n) is 10.6. The number of alkyl halides is 3. The Labute approximate surface area is 109 Å². The first kappa shape index (κ1) is 14.1. The number of anilines is 1. The number of aliphatic hydroxyl groups excluding tert-OH is 1. The lowest BCUT2D eigenvalue weighted by Gasteiger charge is -2.31. The van der Waals surface area contributed by atoms with Crippen LogP contribution >= 0.6 is 0 Å². The normalized spacial score (nSPS) is 18.5. The average molecular weight is 275 g/mol. The summed E-state index contributed by atoms with van der Waals surface area (Å²) < 4.78 is 44.5. The van der Waals surface area contributed by atoms with Crippen LogP contribution in [-0.4, -0.2) is 31.4 Å². The van der Waals surface area contributed by atoms with Gasteiger partial charge in [0.05, 0.1) is 24.9 Å². The summed E-state index contributed by atoms with van der Waals surface area (Å²) in [4.78, 5) is 1.66. The fourth-order valence-electron chi connectivity index (χ4n) is 2.12. The van der Waals surface area contributed by atoms with Crippen molar-refractivity contribution in [3.8, 4) is 0 Å². The topological polar surface area (TPSA) is 32.7 Å². The fraction of sp³-hybridized carbons (Fsp3) is 0.538. The monoisotopic (exact) mass is 275 g/mol. The number of hydrogen-bond acceptors (Lipinski definition) is 3. The molecule has 19 heavy (non-hydrogen) atoms. The van der Waals surface area contributed by atoms with Crippen molar-refractivity contribution in [2.75, 3.05) is 31.2 Å². The van der Waals surface area contributed by atoms with Crippen LogP contribution in [0.25, 0.3) is 0 Å².